The number of nitrogens with zero attached hydrogens (tertiary/aromatic N) is 3. The number of urea groups is 1. The first kappa shape index (κ1) is 19.4. The van der Waals surface area contributed by atoms with Crippen molar-refractivity contribution in [1.29, 1.82) is 0 Å². The van der Waals surface area contributed by atoms with Crippen molar-refractivity contribution >= 4 is 11.9 Å². The maximum absolute atomic E-state index is 13.2. The monoisotopic (exact) mass is 384 g/mol. The molecule has 3 saturated heterocycles. The van der Waals surface area contributed by atoms with Gasteiger partial charge in [0.1, 0.15) is 5.54 Å². The van der Waals surface area contributed by atoms with Crippen molar-refractivity contribution in [3.63, 3.8) is 0 Å². The highest BCUT2D eigenvalue weighted by molar-refractivity contribution is 6.07. The van der Waals surface area contributed by atoms with Crippen LogP contribution in [0, 0.1) is 6.92 Å². The van der Waals surface area contributed by atoms with Gasteiger partial charge in [-0.15, -0.1) is 0 Å². The normalized spacial score (nSPS) is 24.1. The van der Waals surface area contributed by atoms with Gasteiger partial charge in [0.15, 0.2) is 0 Å². The topological polar surface area (TPSA) is 55.9 Å². The number of carbonyl (C=O) groups is 2. The molecule has 0 saturated carbocycles. The molecule has 0 unspecified atom stereocenters. The van der Waals surface area contributed by atoms with E-state index in [2.05, 4.69) is 53.2 Å². The number of nitrogens with one attached hydrogen (secondary N) is 1. The van der Waals surface area contributed by atoms with Crippen molar-refractivity contribution in [3.8, 4) is 0 Å². The van der Waals surface area contributed by atoms with E-state index in [9.17, 15) is 9.59 Å². The average Bonchev–Trinajstić information content (AvgIpc) is 2.93. The Morgan fingerprint density at radius 1 is 1.07 bits per heavy atom. The molecule has 0 atom stereocenters. The molecule has 3 amide bonds. The Morgan fingerprint density at radius 2 is 1.79 bits per heavy atom. The lowest BCUT2D eigenvalue weighted by Gasteiger charge is -2.38. The smallest absolute Gasteiger partial charge is 0.323 e. The van der Waals surface area contributed by atoms with Gasteiger partial charge in [0.25, 0.3) is 5.91 Å². The number of rotatable bonds is 4. The summed E-state index contributed by atoms with van der Waals surface area (Å²) in [5.41, 5.74) is 1.96. The van der Waals surface area contributed by atoms with E-state index in [0.717, 1.165) is 65.0 Å². The van der Waals surface area contributed by atoms with Crippen molar-refractivity contribution in [3.05, 3.63) is 35.4 Å². The van der Waals surface area contributed by atoms with Gasteiger partial charge in [0.05, 0.1) is 0 Å². The van der Waals surface area contributed by atoms with Gasteiger partial charge in [-0.3, -0.25) is 14.6 Å². The summed E-state index contributed by atoms with van der Waals surface area (Å²) in [5, 5.41) is 3.07. The molecular formula is C22H32N4O2. The predicted octanol–water partition coefficient (Wildman–Crippen LogP) is 2.37. The third-order valence-electron chi connectivity index (χ3n) is 6.76. The summed E-state index contributed by atoms with van der Waals surface area (Å²) in [6.45, 7) is 9.81. The maximum atomic E-state index is 13.2. The van der Waals surface area contributed by atoms with Crippen LogP contribution in [-0.4, -0.2) is 70.9 Å². The first-order valence-electron chi connectivity index (χ1n) is 10.7. The van der Waals surface area contributed by atoms with Crippen LogP contribution in [0.25, 0.3) is 0 Å². The lowest BCUT2D eigenvalue weighted by Crippen LogP contribution is -2.55. The highest BCUT2D eigenvalue weighted by Gasteiger charge is 2.54. The summed E-state index contributed by atoms with van der Waals surface area (Å²) < 4.78 is 0. The fourth-order valence-electron chi connectivity index (χ4n) is 4.97. The quantitative estimate of drug-likeness (QED) is 0.810. The number of amides is 3. The molecule has 3 aliphatic heterocycles. The van der Waals surface area contributed by atoms with Crippen molar-refractivity contribution < 1.29 is 9.59 Å². The summed E-state index contributed by atoms with van der Waals surface area (Å²) in [7, 11) is 0. The average molecular weight is 385 g/mol. The second-order valence-electron chi connectivity index (χ2n) is 8.62. The maximum Gasteiger partial charge on any atom is 0.325 e. The van der Waals surface area contributed by atoms with E-state index < -0.39 is 5.54 Å². The number of hydrogen-bond acceptors (Lipinski definition) is 4. The number of hydrogen-bond donors (Lipinski definition) is 1. The SMILES string of the molecule is CCN1CCC2(CC1)NC(=O)N(C1CCN(Cc3cccc(C)c3)CC1)C2=O. The van der Waals surface area contributed by atoms with Crippen molar-refractivity contribution in [2.45, 2.75) is 57.7 Å². The first-order valence-corrected chi connectivity index (χ1v) is 10.7. The van der Waals surface area contributed by atoms with Crippen LogP contribution in [0.15, 0.2) is 24.3 Å². The number of carbonyl (C=O) groups excluding carboxylic acids is 2. The minimum absolute atomic E-state index is 0.0189. The van der Waals surface area contributed by atoms with Crippen molar-refractivity contribution in [2.24, 2.45) is 0 Å². The second kappa shape index (κ2) is 7.84. The number of piperidine rings is 2. The Kier molecular flexibility index (Phi) is 5.43. The molecule has 3 heterocycles. The lowest BCUT2D eigenvalue weighted by atomic mass is 9.87. The fourth-order valence-corrected chi connectivity index (χ4v) is 4.97. The summed E-state index contributed by atoms with van der Waals surface area (Å²) in [4.78, 5) is 32.2. The van der Waals surface area contributed by atoms with Gasteiger partial charge in [-0.05, 0) is 44.7 Å². The Balaban J connectivity index is 1.35. The number of imide groups is 1. The number of aryl methyl sites for hydroxylation is 1. The van der Waals surface area contributed by atoms with Crippen molar-refractivity contribution in [2.75, 3.05) is 32.7 Å². The van der Waals surface area contributed by atoms with Gasteiger partial charge in [-0.2, -0.15) is 0 Å². The Labute approximate surface area is 167 Å². The molecule has 0 aromatic heterocycles. The fraction of sp³-hybridized carbons (Fsp3) is 0.636. The van der Waals surface area contributed by atoms with E-state index in [1.807, 2.05) is 0 Å². The van der Waals surface area contributed by atoms with Crippen LogP contribution < -0.4 is 5.32 Å². The summed E-state index contributed by atoms with van der Waals surface area (Å²) in [5.74, 6) is 0.0189. The highest BCUT2D eigenvalue weighted by atomic mass is 16.2. The summed E-state index contributed by atoms with van der Waals surface area (Å²) in [6, 6.07) is 8.48. The molecule has 0 bridgehead atoms. The molecule has 1 spiro atoms. The van der Waals surface area contributed by atoms with E-state index >= 15 is 0 Å². The molecule has 1 N–H and O–H groups in total. The molecule has 4 rings (SSSR count). The van der Waals surface area contributed by atoms with Gasteiger partial charge in [-0.25, -0.2) is 4.79 Å². The van der Waals surface area contributed by atoms with Crippen LogP contribution in [0.5, 0.6) is 0 Å². The molecule has 6 heteroatoms. The van der Waals surface area contributed by atoms with E-state index in [0.29, 0.717) is 0 Å². The van der Waals surface area contributed by atoms with Gasteiger partial charge >= 0.3 is 6.03 Å². The summed E-state index contributed by atoms with van der Waals surface area (Å²) >= 11 is 0. The minimum atomic E-state index is -0.651. The molecule has 28 heavy (non-hydrogen) atoms. The zero-order valence-corrected chi connectivity index (χ0v) is 17.1. The van der Waals surface area contributed by atoms with Gasteiger partial charge in [-0.1, -0.05) is 36.8 Å². The van der Waals surface area contributed by atoms with Crippen LogP contribution in [0.2, 0.25) is 0 Å². The number of likely N-dealkylation sites (tertiary alicyclic amines) is 2. The van der Waals surface area contributed by atoms with Crippen LogP contribution in [0.4, 0.5) is 4.79 Å². The third-order valence-corrected chi connectivity index (χ3v) is 6.76. The van der Waals surface area contributed by atoms with Crippen molar-refractivity contribution in [1.82, 2.24) is 20.0 Å². The Hall–Kier alpha value is -1.92. The molecule has 152 valence electrons. The zero-order valence-electron chi connectivity index (χ0n) is 17.1. The zero-order chi connectivity index (χ0) is 19.7. The molecule has 1 aromatic carbocycles. The van der Waals surface area contributed by atoms with E-state index in [1.54, 1.807) is 4.90 Å². The molecular weight excluding hydrogens is 352 g/mol. The van der Waals surface area contributed by atoms with Crippen LogP contribution in [0.1, 0.15) is 43.7 Å². The van der Waals surface area contributed by atoms with Gasteiger partial charge in [0.2, 0.25) is 0 Å². The van der Waals surface area contributed by atoms with Crippen LogP contribution in [-0.2, 0) is 11.3 Å². The standard InChI is InChI=1S/C22H32N4O2/c1-3-24-13-9-22(10-14-24)20(27)26(21(28)23-22)19-7-11-25(12-8-19)16-18-6-4-5-17(2)15-18/h4-6,15,19H,3,7-14,16H2,1-2H3,(H,23,28). The molecule has 0 aliphatic carbocycles. The predicted molar refractivity (Wildman–Crippen MR) is 109 cm³/mol. The van der Waals surface area contributed by atoms with Gasteiger partial charge in [0, 0.05) is 38.8 Å². The van der Waals surface area contributed by atoms with E-state index in [-0.39, 0.29) is 18.0 Å². The minimum Gasteiger partial charge on any atom is -0.323 e. The molecule has 6 nitrogen and oxygen atoms in total. The Morgan fingerprint density at radius 3 is 2.43 bits per heavy atom. The highest BCUT2D eigenvalue weighted by Crippen LogP contribution is 2.32. The molecule has 1 aromatic rings. The molecule has 3 aliphatic rings. The largest absolute Gasteiger partial charge is 0.325 e. The van der Waals surface area contributed by atoms with E-state index in [1.165, 1.54) is 11.1 Å². The molecule has 0 radical (unpaired) electrons. The third kappa shape index (κ3) is 3.67. The van der Waals surface area contributed by atoms with Crippen LogP contribution in [0.3, 0.4) is 0 Å². The molecule has 3 fully saturated rings. The second-order valence-corrected chi connectivity index (χ2v) is 8.62. The van der Waals surface area contributed by atoms with E-state index in [4.69, 9.17) is 0 Å². The first-order chi connectivity index (χ1) is 13.5. The number of benzene rings is 1. The lowest BCUT2D eigenvalue weighted by molar-refractivity contribution is -0.135. The summed E-state index contributed by atoms with van der Waals surface area (Å²) in [6.07, 6.45) is 3.19. The van der Waals surface area contributed by atoms with Gasteiger partial charge < -0.3 is 10.2 Å². The Bertz CT molecular complexity index is 734. The van der Waals surface area contributed by atoms with Crippen LogP contribution >= 0.6 is 0 Å².